The number of carboxylic acids is 1. The predicted molar refractivity (Wildman–Crippen MR) is 54.3 cm³/mol. The number of anilines is 1. The molecule has 0 aliphatic carbocycles. The van der Waals surface area contributed by atoms with Crippen molar-refractivity contribution in [2.75, 3.05) is 11.4 Å². The summed E-state index contributed by atoms with van der Waals surface area (Å²) in [6.07, 6.45) is -0.284. The smallest absolute Gasteiger partial charge is 0.316 e. The lowest BCUT2D eigenvalue weighted by atomic mass is 10.1. The molecule has 0 aromatic heterocycles. The van der Waals surface area contributed by atoms with Crippen molar-refractivity contribution < 1.29 is 36.6 Å². The summed E-state index contributed by atoms with van der Waals surface area (Å²) >= 11 is 0. The van der Waals surface area contributed by atoms with Gasteiger partial charge in [0.05, 0.1) is 0 Å². The minimum absolute atomic E-state index is 0.259. The van der Waals surface area contributed by atoms with Gasteiger partial charge in [-0.1, -0.05) is 0 Å². The zero-order chi connectivity index (χ0) is 15.2. The fourth-order valence-corrected chi connectivity index (χ4v) is 1.96. The summed E-state index contributed by atoms with van der Waals surface area (Å²) in [5.74, 6) is -15.4. The molecule has 1 N–H and O–H groups in total. The van der Waals surface area contributed by atoms with E-state index >= 15 is 0 Å². The number of hydrogen-bond donors (Lipinski definition) is 1. The first-order chi connectivity index (χ1) is 9.27. The second kappa shape index (κ2) is 4.73. The zero-order valence-corrected chi connectivity index (χ0v) is 9.59. The molecule has 1 amide bonds. The normalized spacial score (nSPS) is 18.8. The molecule has 0 spiro atoms. The summed E-state index contributed by atoms with van der Waals surface area (Å²) < 4.78 is 65.9. The van der Waals surface area contributed by atoms with Crippen LogP contribution in [0, 0.1) is 35.0 Å². The van der Waals surface area contributed by atoms with Crippen molar-refractivity contribution in [1.82, 2.24) is 0 Å². The van der Waals surface area contributed by atoms with E-state index in [0.29, 0.717) is 0 Å². The van der Waals surface area contributed by atoms with E-state index in [2.05, 4.69) is 0 Å². The fourth-order valence-electron chi connectivity index (χ4n) is 1.96. The van der Waals surface area contributed by atoms with Crippen molar-refractivity contribution in [2.45, 2.75) is 6.42 Å². The Morgan fingerprint density at radius 3 is 1.85 bits per heavy atom. The van der Waals surface area contributed by atoms with Gasteiger partial charge in [-0.2, -0.15) is 0 Å². The van der Waals surface area contributed by atoms with E-state index in [-0.39, 0.29) is 11.3 Å². The van der Waals surface area contributed by atoms with E-state index in [1.165, 1.54) is 0 Å². The summed E-state index contributed by atoms with van der Waals surface area (Å²) in [6.45, 7) is -0.450. The third kappa shape index (κ3) is 1.89. The van der Waals surface area contributed by atoms with Gasteiger partial charge in [-0.05, 0) is 6.42 Å². The number of carboxylic acid groups (broad SMARTS) is 1. The molecule has 0 bridgehead atoms. The Morgan fingerprint density at radius 2 is 1.45 bits per heavy atom. The largest absolute Gasteiger partial charge is 0.481 e. The van der Waals surface area contributed by atoms with Crippen molar-refractivity contribution in [3.05, 3.63) is 29.1 Å². The van der Waals surface area contributed by atoms with Gasteiger partial charge in [0, 0.05) is 6.54 Å². The number of carbonyl (C=O) groups is 2. The summed E-state index contributed by atoms with van der Waals surface area (Å²) in [5.41, 5.74) is -1.42. The number of benzene rings is 1. The highest BCUT2D eigenvalue weighted by Crippen LogP contribution is 2.34. The molecular weight excluding hydrogens is 289 g/mol. The van der Waals surface area contributed by atoms with Crippen molar-refractivity contribution >= 4 is 17.6 Å². The molecule has 1 atom stereocenters. The number of carbonyl (C=O) groups excluding carboxylic acids is 1. The van der Waals surface area contributed by atoms with Gasteiger partial charge in [-0.3, -0.25) is 9.59 Å². The van der Waals surface area contributed by atoms with Crippen molar-refractivity contribution in [2.24, 2.45) is 5.92 Å². The van der Waals surface area contributed by atoms with E-state index in [9.17, 15) is 31.5 Å². The summed E-state index contributed by atoms with van der Waals surface area (Å²) in [4.78, 5) is 22.6. The number of rotatable bonds is 2. The summed E-state index contributed by atoms with van der Waals surface area (Å²) in [6, 6.07) is 0. The van der Waals surface area contributed by atoms with Crippen molar-refractivity contribution in [3.63, 3.8) is 0 Å². The molecule has 1 unspecified atom stereocenters. The molecule has 1 heterocycles. The topological polar surface area (TPSA) is 57.6 Å². The molecule has 1 aromatic carbocycles. The Morgan fingerprint density at radius 1 is 1.00 bits per heavy atom. The van der Waals surface area contributed by atoms with Crippen LogP contribution < -0.4 is 4.90 Å². The quantitative estimate of drug-likeness (QED) is 0.392. The SMILES string of the molecule is O=C(O)C1CCN(c2c(F)c(F)c(F)c(F)c2F)C1=O. The highest BCUT2D eigenvalue weighted by molar-refractivity contribution is 6.07. The molecule has 2 rings (SSSR count). The van der Waals surface area contributed by atoms with Crippen LogP contribution in [-0.2, 0) is 9.59 Å². The molecule has 1 fully saturated rings. The van der Waals surface area contributed by atoms with Gasteiger partial charge < -0.3 is 10.0 Å². The van der Waals surface area contributed by atoms with Gasteiger partial charge in [-0.15, -0.1) is 0 Å². The number of amides is 1. The fraction of sp³-hybridized carbons (Fsp3) is 0.273. The van der Waals surface area contributed by atoms with Gasteiger partial charge in [0.25, 0.3) is 0 Å². The van der Waals surface area contributed by atoms with Crippen molar-refractivity contribution in [1.29, 1.82) is 0 Å². The molecule has 20 heavy (non-hydrogen) atoms. The minimum Gasteiger partial charge on any atom is -0.481 e. The van der Waals surface area contributed by atoms with Crippen LogP contribution in [-0.4, -0.2) is 23.5 Å². The lowest BCUT2D eigenvalue weighted by Crippen LogP contribution is -2.32. The molecule has 1 aliphatic heterocycles. The third-order valence-corrected chi connectivity index (χ3v) is 2.96. The molecule has 0 radical (unpaired) electrons. The maximum absolute atomic E-state index is 13.5. The molecule has 0 saturated carbocycles. The van der Waals surface area contributed by atoms with Gasteiger partial charge >= 0.3 is 5.97 Å². The van der Waals surface area contributed by atoms with Crippen LogP contribution in [0.3, 0.4) is 0 Å². The Kier molecular flexibility index (Phi) is 3.36. The summed E-state index contributed by atoms with van der Waals surface area (Å²) in [7, 11) is 0. The van der Waals surface area contributed by atoms with Crippen LogP contribution in [0.4, 0.5) is 27.6 Å². The van der Waals surface area contributed by atoms with E-state index < -0.39 is 59.1 Å². The first-order valence-corrected chi connectivity index (χ1v) is 5.33. The van der Waals surface area contributed by atoms with Gasteiger partial charge in [-0.25, -0.2) is 22.0 Å². The molecule has 9 heteroatoms. The lowest BCUT2D eigenvalue weighted by Gasteiger charge is -2.18. The van der Waals surface area contributed by atoms with E-state index in [1.54, 1.807) is 0 Å². The molecular formula is C11H6F5NO3. The van der Waals surface area contributed by atoms with Crippen LogP contribution in [0.5, 0.6) is 0 Å². The Bertz CT molecular complexity index is 590. The van der Waals surface area contributed by atoms with Gasteiger partial charge in [0.15, 0.2) is 23.3 Å². The average Bonchev–Trinajstić information content (AvgIpc) is 2.77. The van der Waals surface area contributed by atoms with E-state index in [0.717, 1.165) is 0 Å². The molecule has 4 nitrogen and oxygen atoms in total. The monoisotopic (exact) mass is 295 g/mol. The van der Waals surface area contributed by atoms with Crippen LogP contribution in [0.15, 0.2) is 0 Å². The Labute approximate surface area is 108 Å². The number of halogens is 5. The summed E-state index contributed by atoms with van der Waals surface area (Å²) in [5, 5.41) is 8.70. The zero-order valence-electron chi connectivity index (χ0n) is 9.59. The molecule has 1 aromatic rings. The number of hydrogen-bond acceptors (Lipinski definition) is 2. The van der Waals surface area contributed by atoms with Crippen molar-refractivity contribution in [3.8, 4) is 0 Å². The molecule has 108 valence electrons. The minimum atomic E-state index is -2.34. The lowest BCUT2D eigenvalue weighted by molar-refractivity contribution is -0.144. The first-order valence-electron chi connectivity index (χ1n) is 5.33. The first kappa shape index (κ1) is 14.2. The maximum atomic E-state index is 13.5. The number of nitrogens with zero attached hydrogens (tertiary/aromatic N) is 1. The Hall–Kier alpha value is -2.19. The van der Waals surface area contributed by atoms with Gasteiger partial charge in [0.2, 0.25) is 11.7 Å². The number of aliphatic carboxylic acids is 1. The molecule has 1 aliphatic rings. The van der Waals surface area contributed by atoms with E-state index in [4.69, 9.17) is 5.11 Å². The molecule has 1 saturated heterocycles. The Balaban J connectivity index is 2.55. The standard InChI is InChI=1S/C11H6F5NO3/c12-4-5(13)7(15)9(8(16)6(4)14)17-2-1-3(10(17)18)11(19)20/h3H,1-2H2,(H,19,20). The second-order valence-corrected chi connectivity index (χ2v) is 4.09. The van der Waals surface area contributed by atoms with Gasteiger partial charge in [0.1, 0.15) is 11.6 Å². The third-order valence-electron chi connectivity index (χ3n) is 2.96. The maximum Gasteiger partial charge on any atom is 0.316 e. The van der Waals surface area contributed by atoms with Crippen LogP contribution in [0.1, 0.15) is 6.42 Å². The highest BCUT2D eigenvalue weighted by atomic mass is 19.2. The van der Waals surface area contributed by atoms with Crippen LogP contribution >= 0.6 is 0 Å². The van der Waals surface area contributed by atoms with Crippen LogP contribution in [0.2, 0.25) is 0 Å². The predicted octanol–water partition coefficient (Wildman–Crippen LogP) is 1.82. The average molecular weight is 295 g/mol. The van der Waals surface area contributed by atoms with Crippen LogP contribution in [0.25, 0.3) is 0 Å². The second-order valence-electron chi connectivity index (χ2n) is 4.09. The van der Waals surface area contributed by atoms with E-state index in [1.807, 2.05) is 0 Å². The highest BCUT2D eigenvalue weighted by Gasteiger charge is 2.41.